The van der Waals surface area contributed by atoms with Crippen LogP contribution < -0.4 is 4.90 Å². The first-order valence-corrected chi connectivity index (χ1v) is 9.21. The summed E-state index contributed by atoms with van der Waals surface area (Å²) >= 11 is 1.63. The molecule has 0 aromatic heterocycles. The van der Waals surface area contributed by atoms with Crippen LogP contribution in [-0.4, -0.2) is 53.2 Å². The molecular weight excluding hydrogens is 328 g/mol. The van der Waals surface area contributed by atoms with Gasteiger partial charge in [-0.3, -0.25) is 9.59 Å². The zero-order chi connectivity index (χ0) is 17.3. The normalized spacial score (nSPS) is 23.8. The number of amides is 2. The van der Waals surface area contributed by atoms with Crippen LogP contribution in [0.3, 0.4) is 0 Å². The first kappa shape index (κ1) is 16.8. The maximum atomic E-state index is 12.7. The fourth-order valence-electron chi connectivity index (χ4n) is 3.41. The molecule has 0 bridgehead atoms. The van der Waals surface area contributed by atoms with Crippen LogP contribution >= 0.6 is 11.8 Å². The molecule has 0 radical (unpaired) electrons. The molecule has 128 valence electrons. The highest BCUT2D eigenvalue weighted by Gasteiger charge is 2.42. The second kappa shape index (κ2) is 6.84. The molecule has 2 heterocycles. The average Bonchev–Trinajstić information content (AvgIpc) is 3.21. The van der Waals surface area contributed by atoms with Gasteiger partial charge in [0, 0.05) is 30.1 Å². The Morgan fingerprint density at radius 2 is 1.96 bits per heavy atom. The zero-order valence-corrected chi connectivity index (χ0v) is 14.3. The summed E-state index contributed by atoms with van der Waals surface area (Å²) in [5.74, 6) is -1.72. The Morgan fingerprint density at radius 3 is 2.58 bits per heavy atom. The molecule has 1 aromatic carbocycles. The molecule has 2 amide bonds. The number of carbonyl (C=O) groups is 3. The lowest BCUT2D eigenvalue weighted by molar-refractivity contribution is -0.149. The molecule has 6 nitrogen and oxygen atoms in total. The smallest absolute Gasteiger partial charge is 0.326 e. The van der Waals surface area contributed by atoms with E-state index in [0.29, 0.717) is 25.9 Å². The van der Waals surface area contributed by atoms with E-state index in [1.807, 2.05) is 30.5 Å². The molecule has 2 saturated heterocycles. The monoisotopic (exact) mass is 348 g/mol. The van der Waals surface area contributed by atoms with Crippen molar-refractivity contribution in [3.8, 4) is 0 Å². The highest BCUT2D eigenvalue weighted by molar-refractivity contribution is 7.98. The number of carboxylic acids is 1. The van der Waals surface area contributed by atoms with Gasteiger partial charge >= 0.3 is 5.97 Å². The summed E-state index contributed by atoms with van der Waals surface area (Å²) in [7, 11) is 0. The third-order valence-electron chi connectivity index (χ3n) is 4.68. The van der Waals surface area contributed by atoms with Crippen LogP contribution in [0.25, 0.3) is 0 Å². The lowest BCUT2D eigenvalue weighted by Gasteiger charge is -2.24. The maximum absolute atomic E-state index is 12.7. The molecule has 2 atom stereocenters. The van der Waals surface area contributed by atoms with Gasteiger partial charge in [-0.1, -0.05) is 0 Å². The largest absolute Gasteiger partial charge is 0.480 e. The van der Waals surface area contributed by atoms with Gasteiger partial charge in [0.25, 0.3) is 0 Å². The average molecular weight is 348 g/mol. The summed E-state index contributed by atoms with van der Waals surface area (Å²) in [6.45, 7) is 0.780. The number of aliphatic carboxylic acids is 1. The van der Waals surface area contributed by atoms with E-state index in [2.05, 4.69) is 0 Å². The minimum Gasteiger partial charge on any atom is -0.480 e. The van der Waals surface area contributed by atoms with Gasteiger partial charge in [0.05, 0.1) is 5.92 Å². The van der Waals surface area contributed by atoms with Crippen molar-refractivity contribution in [1.82, 2.24) is 4.90 Å². The summed E-state index contributed by atoms with van der Waals surface area (Å²) in [5, 5.41) is 9.23. The van der Waals surface area contributed by atoms with Crippen LogP contribution in [0.2, 0.25) is 0 Å². The molecule has 0 aliphatic carbocycles. The summed E-state index contributed by atoms with van der Waals surface area (Å²) < 4.78 is 0. The van der Waals surface area contributed by atoms with Gasteiger partial charge in [0.2, 0.25) is 11.8 Å². The predicted octanol–water partition coefficient (Wildman–Crippen LogP) is 1.84. The topological polar surface area (TPSA) is 77.9 Å². The Morgan fingerprint density at radius 1 is 1.25 bits per heavy atom. The van der Waals surface area contributed by atoms with Crippen LogP contribution in [0.5, 0.6) is 0 Å². The third kappa shape index (κ3) is 3.13. The van der Waals surface area contributed by atoms with E-state index >= 15 is 0 Å². The quantitative estimate of drug-likeness (QED) is 0.840. The molecule has 2 aliphatic rings. The van der Waals surface area contributed by atoms with Gasteiger partial charge in [-0.25, -0.2) is 4.79 Å². The van der Waals surface area contributed by atoms with Gasteiger partial charge < -0.3 is 14.9 Å². The molecule has 2 aliphatic heterocycles. The van der Waals surface area contributed by atoms with Gasteiger partial charge in [-0.2, -0.15) is 0 Å². The Labute approximate surface area is 144 Å². The molecule has 0 spiro atoms. The summed E-state index contributed by atoms with van der Waals surface area (Å²) in [6, 6.07) is 6.91. The molecule has 0 saturated carbocycles. The van der Waals surface area contributed by atoms with Crippen molar-refractivity contribution in [2.45, 2.75) is 30.2 Å². The Balaban J connectivity index is 1.71. The van der Waals surface area contributed by atoms with Crippen molar-refractivity contribution in [3.05, 3.63) is 24.3 Å². The minimum absolute atomic E-state index is 0.0867. The molecular formula is C17H20N2O4S. The van der Waals surface area contributed by atoms with Crippen LogP contribution in [0, 0.1) is 5.92 Å². The molecule has 2 fully saturated rings. The number of hydrogen-bond donors (Lipinski definition) is 1. The number of rotatable bonds is 4. The fourth-order valence-corrected chi connectivity index (χ4v) is 3.81. The molecule has 1 aromatic rings. The van der Waals surface area contributed by atoms with E-state index in [1.165, 1.54) is 4.90 Å². The number of anilines is 1. The van der Waals surface area contributed by atoms with Crippen LogP contribution in [0.15, 0.2) is 29.2 Å². The van der Waals surface area contributed by atoms with Crippen LogP contribution in [-0.2, 0) is 14.4 Å². The van der Waals surface area contributed by atoms with Crippen molar-refractivity contribution < 1.29 is 19.5 Å². The van der Waals surface area contributed by atoms with Gasteiger partial charge in [-0.15, -0.1) is 11.8 Å². The fraction of sp³-hybridized carbons (Fsp3) is 0.471. The van der Waals surface area contributed by atoms with Gasteiger partial charge in [0.15, 0.2) is 0 Å². The number of thioether (sulfide) groups is 1. The summed E-state index contributed by atoms with van der Waals surface area (Å²) in [4.78, 5) is 40.4. The third-order valence-corrected chi connectivity index (χ3v) is 5.42. The zero-order valence-electron chi connectivity index (χ0n) is 13.5. The van der Waals surface area contributed by atoms with E-state index in [1.54, 1.807) is 16.7 Å². The Hall–Kier alpha value is -2.02. The number of likely N-dealkylation sites (tertiary alicyclic amines) is 1. The van der Waals surface area contributed by atoms with E-state index in [9.17, 15) is 19.5 Å². The van der Waals surface area contributed by atoms with Gasteiger partial charge in [0.1, 0.15) is 6.04 Å². The molecule has 7 heteroatoms. The first-order chi connectivity index (χ1) is 11.5. The van der Waals surface area contributed by atoms with Crippen LogP contribution in [0.1, 0.15) is 19.3 Å². The molecule has 1 unspecified atom stereocenters. The first-order valence-electron chi connectivity index (χ1n) is 7.99. The SMILES string of the molecule is CSc1ccc(N2CC(C(=O)N3CCC[C@@H]3C(=O)O)CC2=O)cc1. The number of carbonyl (C=O) groups excluding carboxylic acids is 2. The van der Waals surface area contributed by atoms with Crippen LogP contribution in [0.4, 0.5) is 5.69 Å². The second-order valence-corrected chi connectivity index (χ2v) is 7.01. The van der Waals surface area contributed by atoms with Crippen molar-refractivity contribution in [3.63, 3.8) is 0 Å². The standard InChI is InChI=1S/C17H20N2O4S/c1-24-13-6-4-12(5-7-13)19-10-11(9-15(19)20)16(21)18-8-2-3-14(18)17(22)23/h4-7,11,14H,2-3,8-10H2,1H3,(H,22,23)/t11?,14-/m1/s1. The van der Waals surface area contributed by atoms with E-state index in [4.69, 9.17) is 0 Å². The van der Waals surface area contributed by atoms with Crippen molar-refractivity contribution in [2.75, 3.05) is 24.2 Å². The van der Waals surface area contributed by atoms with Gasteiger partial charge in [-0.05, 0) is 43.4 Å². The van der Waals surface area contributed by atoms with E-state index < -0.39 is 17.9 Å². The number of nitrogens with zero attached hydrogens (tertiary/aromatic N) is 2. The molecule has 3 rings (SSSR count). The lowest BCUT2D eigenvalue weighted by atomic mass is 10.1. The maximum Gasteiger partial charge on any atom is 0.326 e. The molecule has 1 N–H and O–H groups in total. The molecule has 24 heavy (non-hydrogen) atoms. The summed E-state index contributed by atoms with van der Waals surface area (Å²) in [6.07, 6.45) is 3.32. The number of benzene rings is 1. The van der Waals surface area contributed by atoms with E-state index in [-0.39, 0.29) is 18.2 Å². The van der Waals surface area contributed by atoms with Crippen molar-refractivity contribution >= 4 is 35.2 Å². The number of hydrogen-bond acceptors (Lipinski definition) is 4. The Bertz CT molecular complexity index is 661. The second-order valence-electron chi connectivity index (χ2n) is 6.13. The van der Waals surface area contributed by atoms with E-state index in [0.717, 1.165) is 10.6 Å². The van der Waals surface area contributed by atoms with Crippen molar-refractivity contribution in [1.29, 1.82) is 0 Å². The highest BCUT2D eigenvalue weighted by atomic mass is 32.2. The summed E-state index contributed by atoms with van der Waals surface area (Å²) in [5.41, 5.74) is 0.782. The lowest BCUT2D eigenvalue weighted by Crippen LogP contribution is -2.44. The predicted molar refractivity (Wildman–Crippen MR) is 91.1 cm³/mol. The number of carboxylic acid groups (broad SMARTS) is 1. The minimum atomic E-state index is -0.963. The van der Waals surface area contributed by atoms with Crippen molar-refractivity contribution in [2.24, 2.45) is 5.92 Å². The highest BCUT2D eigenvalue weighted by Crippen LogP contribution is 2.30. The Kier molecular flexibility index (Phi) is 4.80.